The van der Waals surface area contributed by atoms with Crippen LogP contribution < -0.4 is 0 Å². The minimum atomic E-state index is -0.425. The van der Waals surface area contributed by atoms with Gasteiger partial charge < -0.3 is 9.14 Å². The van der Waals surface area contributed by atoms with Gasteiger partial charge in [-0.15, -0.1) is 0 Å². The maximum atomic E-state index is 14.5. The number of pyridine rings is 1. The average molecular weight is 381 g/mol. The van der Waals surface area contributed by atoms with E-state index in [-0.39, 0.29) is 0 Å². The number of halogens is 2. The molecule has 0 fully saturated rings. The van der Waals surface area contributed by atoms with Crippen molar-refractivity contribution in [2.45, 2.75) is 0 Å². The lowest BCUT2D eigenvalue weighted by atomic mass is 9.97. The number of methoxy groups -OCH3 is 1. The van der Waals surface area contributed by atoms with Crippen LogP contribution in [0.2, 0.25) is 5.02 Å². The largest absolute Gasteiger partial charge is 0.465 e. The van der Waals surface area contributed by atoms with Gasteiger partial charge in [-0.05, 0) is 35.9 Å². The second kappa shape index (κ2) is 6.85. The van der Waals surface area contributed by atoms with Crippen LogP contribution in [0.3, 0.4) is 0 Å². The van der Waals surface area contributed by atoms with Crippen molar-refractivity contribution in [1.82, 2.24) is 9.38 Å². The average Bonchev–Trinajstić information content (AvgIpc) is 3.10. The summed E-state index contributed by atoms with van der Waals surface area (Å²) in [6.45, 7) is 0. The van der Waals surface area contributed by atoms with Gasteiger partial charge in [0.2, 0.25) is 0 Å². The fourth-order valence-electron chi connectivity index (χ4n) is 3.01. The van der Waals surface area contributed by atoms with Crippen molar-refractivity contribution in [1.29, 1.82) is 0 Å². The minimum Gasteiger partial charge on any atom is -0.465 e. The second-order valence-electron chi connectivity index (χ2n) is 5.97. The normalized spacial score (nSPS) is 10.9. The van der Waals surface area contributed by atoms with Gasteiger partial charge in [0.25, 0.3) is 0 Å². The summed E-state index contributed by atoms with van der Waals surface area (Å²) >= 11 is 5.87. The number of aromatic nitrogens is 2. The number of imidazole rings is 1. The molecular formula is C21H14ClFN2O2. The predicted molar refractivity (Wildman–Crippen MR) is 102 cm³/mol. The molecule has 0 saturated carbocycles. The molecular weight excluding hydrogens is 367 g/mol. The molecule has 0 aliphatic heterocycles. The van der Waals surface area contributed by atoms with E-state index in [1.165, 1.54) is 13.2 Å². The highest BCUT2D eigenvalue weighted by molar-refractivity contribution is 6.30. The first-order chi connectivity index (χ1) is 13.1. The maximum Gasteiger partial charge on any atom is 0.338 e. The quantitative estimate of drug-likeness (QED) is 0.456. The number of benzene rings is 2. The highest BCUT2D eigenvalue weighted by atomic mass is 35.5. The highest BCUT2D eigenvalue weighted by Gasteiger charge is 2.15. The van der Waals surface area contributed by atoms with E-state index in [2.05, 4.69) is 4.98 Å². The molecule has 0 bridgehead atoms. The number of nitrogens with zero attached hydrogens (tertiary/aromatic N) is 2. The third-order valence-electron chi connectivity index (χ3n) is 4.31. The van der Waals surface area contributed by atoms with Crippen LogP contribution in [0.15, 0.2) is 67.0 Å². The first-order valence-electron chi connectivity index (χ1n) is 8.19. The molecule has 134 valence electrons. The second-order valence-corrected chi connectivity index (χ2v) is 6.40. The maximum absolute atomic E-state index is 14.5. The minimum absolute atomic E-state index is 0.344. The Morgan fingerprint density at radius 1 is 1.07 bits per heavy atom. The fraction of sp³-hybridized carbons (Fsp3) is 0.0476. The van der Waals surface area contributed by atoms with Crippen LogP contribution >= 0.6 is 11.6 Å². The van der Waals surface area contributed by atoms with Crippen LogP contribution in [0.25, 0.3) is 28.0 Å². The molecule has 0 aliphatic carbocycles. The summed E-state index contributed by atoms with van der Waals surface area (Å²) < 4.78 is 21.0. The lowest BCUT2D eigenvalue weighted by Crippen LogP contribution is -2.01. The van der Waals surface area contributed by atoms with Gasteiger partial charge in [0.15, 0.2) is 0 Å². The van der Waals surface area contributed by atoms with E-state index in [0.717, 1.165) is 5.56 Å². The number of rotatable bonds is 3. The van der Waals surface area contributed by atoms with E-state index < -0.39 is 11.8 Å². The standard InChI is InChI=1S/C21H14ClFN2O2/c1-27-21(26)13-8-9-25-12-19(24-20(25)10-13)17-5-3-2-4-15(17)16-7-6-14(22)11-18(16)23/h2-12H,1H3. The van der Waals surface area contributed by atoms with Crippen LogP contribution in [-0.4, -0.2) is 22.5 Å². The molecule has 6 heteroatoms. The summed E-state index contributed by atoms with van der Waals surface area (Å²) in [4.78, 5) is 16.3. The van der Waals surface area contributed by atoms with Crippen molar-refractivity contribution < 1.29 is 13.9 Å². The van der Waals surface area contributed by atoms with Gasteiger partial charge in [0.05, 0.1) is 18.4 Å². The number of ether oxygens (including phenoxy) is 1. The Balaban J connectivity index is 1.86. The number of carbonyl (C=O) groups excluding carboxylic acids is 1. The molecule has 0 saturated heterocycles. The van der Waals surface area contributed by atoms with Gasteiger partial charge in [0.1, 0.15) is 11.5 Å². The number of esters is 1. The molecule has 0 radical (unpaired) electrons. The summed E-state index contributed by atoms with van der Waals surface area (Å²) in [7, 11) is 1.33. The smallest absolute Gasteiger partial charge is 0.338 e. The zero-order chi connectivity index (χ0) is 19.0. The van der Waals surface area contributed by atoms with Gasteiger partial charge in [-0.1, -0.05) is 35.9 Å². The zero-order valence-electron chi connectivity index (χ0n) is 14.3. The van der Waals surface area contributed by atoms with Crippen LogP contribution in [0.5, 0.6) is 0 Å². The topological polar surface area (TPSA) is 43.6 Å². The Hall–Kier alpha value is -3.18. The van der Waals surface area contributed by atoms with Crippen LogP contribution in [0.4, 0.5) is 4.39 Å². The van der Waals surface area contributed by atoms with Crippen LogP contribution in [0, 0.1) is 5.82 Å². The van der Waals surface area contributed by atoms with Crippen LogP contribution in [0.1, 0.15) is 10.4 Å². The molecule has 4 aromatic rings. The Labute approximate surface area is 159 Å². The Bertz CT molecular complexity index is 1170. The first kappa shape index (κ1) is 17.2. The van der Waals surface area contributed by atoms with Crippen molar-refractivity contribution in [2.75, 3.05) is 7.11 Å². The van der Waals surface area contributed by atoms with Crippen molar-refractivity contribution in [3.63, 3.8) is 0 Å². The third kappa shape index (κ3) is 3.17. The molecule has 0 amide bonds. The Morgan fingerprint density at radius 2 is 1.85 bits per heavy atom. The third-order valence-corrected chi connectivity index (χ3v) is 4.54. The SMILES string of the molecule is COC(=O)c1ccn2cc(-c3ccccc3-c3ccc(Cl)cc3F)nc2c1. The summed E-state index contributed by atoms with van der Waals surface area (Å²) in [5.74, 6) is -0.822. The fourth-order valence-corrected chi connectivity index (χ4v) is 3.16. The van der Waals surface area contributed by atoms with Gasteiger partial charge in [-0.25, -0.2) is 14.2 Å². The Morgan fingerprint density at radius 3 is 2.59 bits per heavy atom. The van der Waals surface area contributed by atoms with E-state index in [9.17, 15) is 9.18 Å². The molecule has 2 aromatic heterocycles. The zero-order valence-corrected chi connectivity index (χ0v) is 15.1. The van der Waals surface area contributed by atoms with Crippen molar-refractivity contribution >= 4 is 23.2 Å². The monoisotopic (exact) mass is 380 g/mol. The van der Waals surface area contributed by atoms with E-state index in [4.69, 9.17) is 16.3 Å². The summed E-state index contributed by atoms with van der Waals surface area (Å²) in [6.07, 6.45) is 3.58. The van der Waals surface area contributed by atoms with Crippen molar-refractivity contribution in [2.24, 2.45) is 0 Å². The van der Waals surface area contributed by atoms with Gasteiger partial charge in [-0.2, -0.15) is 0 Å². The molecule has 0 aliphatic rings. The summed E-state index contributed by atoms with van der Waals surface area (Å²) in [5.41, 5.74) is 3.62. The molecule has 2 heterocycles. The lowest BCUT2D eigenvalue weighted by Gasteiger charge is -2.09. The molecule has 2 aromatic carbocycles. The molecule has 0 atom stereocenters. The molecule has 0 unspecified atom stereocenters. The molecule has 4 nitrogen and oxygen atoms in total. The molecule has 0 spiro atoms. The highest BCUT2D eigenvalue weighted by Crippen LogP contribution is 2.34. The summed E-state index contributed by atoms with van der Waals surface area (Å²) in [5, 5.41) is 0.344. The number of hydrogen-bond acceptors (Lipinski definition) is 3. The van der Waals surface area contributed by atoms with Gasteiger partial charge >= 0.3 is 5.97 Å². The van der Waals surface area contributed by atoms with E-state index in [0.29, 0.717) is 33.1 Å². The van der Waals surface area contributed by atoms with Crippen LogP contribution in [-0.2, 0) is 4.74 Å². The number of fused-ring (bicyclic) bond motifs is 1. The lowest BCUT2D eigenvalue weighted by molar-refractivity contribution is 0.0600. The van der Waals surface area contributed by atoms with E-state index in [1.54, 1.807) is 34.9 Å². The van der Waals surface area contributed by atoms with Crippen molar-refractivity contribution in [3.8, 4) is 22.4 Å². The molecule has 0 N–H and O–H groups in total. The number of carbonyl (C=O) groups is 1. The van der Waals surface area contributed by atoms with E-state index in [1.807, 2.05) is 30.5 Å². The Kier molecular flexibility index (Phi) is 4.38. The summed E-state index contributed by atoms with van der Waals surface area (Å²) in [6, 6.07) is 15.4. The molecule has 27 heavy (non-hydrogen) atoms. The van der Waals surface area contributed by atoms with Gasteiger partial charge in [0, 0.05) is 28.5 Å². The van der Waals surface area contributed by atoms with Crippen molar-refractivity contribution in [3.05, 3.63) is 83.4 Å². The predicted octanol–water partition coefficient (Wildman–Crippen LogP) is 5.25. The van der Waals surface area contributed by atoms with Gasteiger partial charge in [-0.3, -0.25) is 0 Å². The number of hydrogen-bond donors (Lipinski definition) is 0. The first-order valence-corrected chi connectivity index (χ1v) is 8.56. The van der Waals surface area contributed by atoms with E-state index >= 15 is 0 Å². The molecule has 4 rings (SSSR count).